The van der Waals surface area contributed by atoms with Crippen LogP contribution in [-0.2, 0) is 11.8 Å². The van der Waals surface area contributed by atoms with E-state index < -0.39 is 0 Å². The van der Waals surface area contributed by atoms with Crippen molar-refractivity contribution < 1.29 is 4.79 Å². The molecule has 1 amide bonds. The third-order valence-electron chi connectivity index (χ3n) is 4.67. The first-order chi connectivity index (χ1) is 11.6. The first-order valence-electron chi connectivity index (χ1n) is 8.47. The molecule has 0 radical (unpaired) electrons. The summed E-state index contributed by atoms with van der Waals surface area (Å²) in [5, 5.41) is 17.9. The van der Waals surface area contributed by atoms with E-state index in [0.717, 1.165) is 24.3 Å². The van der Waals surface area contributed by atoms with Gasteiger partial charge in [0, 0.05) is 24.7 Å². The maximum absolute atomic E-state index is 12.4. The third-order valence-corrected chi connectivity index (χ3v) is 4.67. The van der Waals surface area contributed by atoms with Crippen molar-refractivity contribution >= 4 is 11.6 Å². The molecule has 0 bridgehead atoms. The summed E-state index contributed by atoms with van der Waals surface area (Å²) in [4.78, 5) is 12.4. The van der Waals surface area contributed by atoms with Crippen LogP contribution in [0.3, 0.4) is 0 Å². The Labute approximate surface area is 141 Å². The zero-order chi connectivity index (χ0) is 16.9. The Kier molecular flexibility index (Phi) is 5.20. The van der Waals surface area contributed by atoms with E-state index in [-0.39, 0.29) is 5.91 Å². The summed E-state index contributed by atoms with van der Waals surface area (Å²) in [6.07, 6.45) is 2.95. The molecule has 0 spiro atoms. The van der Waals surface area contributed by atoms with Crippen LogP contribution in [-0.4, -0.2) is 39.2 Å². The number of carbonyl (C=O) groups is 1. The van der Waals surface area contributed by atoms with Gasteiger partial charge < -0.3 is 10.6 Å². The number of amides is 1. The first-order valence-corrected chi connectivity index (χ1v) is 8.47. The highest BCUT2D eigenvalue weighted by Gasteiger charge is 2.22. The lowest BCUT2D eigenvalue weighted by atomic mass is 9.85. The van der Waals surface area contributed by atoms with E-state index in [1.165, 1.54) is 12.8 Å². The zero-order valence-electron chi connectivity index (χ0n) is 14.2. The van der Waals surface area contributed by atoms with Crippen molar-refractivity contribution in [2.45, 2.75) is 26.2 Å². The average Bonchev–Trinajstić information content (AvgIpc) is 3.02. The van der Waals surface area contributed by atoms with Crippen LogP contribution in [0.4, 0.5) is 5.69 Å². The molecule has 0 saturated carbocycles. The van der Waals surface area contributed by atoms with Crippen molar-refractivity contribution in [3.8, 4) is 11.4 Å². The lowest BCUT2D eigenvalue weighted by Gasteiger charge is -2.28. The molecule has 1 aromatic heterocycles. The van der Waals surface area contributed by atoms with Gasteiger partial charge in [0.05, 0.1) is 0 Å². The van der Waals surface area contributed by atoms with Gasteiger partial charge in [-0.25, -0.2) is 4.68 Å². The molecule has 1 aliphatic rings. The average molecular weight is 328 g/mol. The standard InChI is InChI=1S/C17H24N6O/c1-12(14-6-4-8-18-11-14)9-16(24)19-15-7-3-5-13(10-15)17-20-21-22-23(17)2/h3,5,7,10,12,14,18H,4,6,8-9,11H2,1-2H3,(H,19,24). The van der Waals surface area contributed by atoms with Gasteiger partial charge in [-0.15, -0.1) is 5.10 Å². The highest BCUT2D eigenvalue weighted by molar-refractivity contribution is 5.91. The van der Waals surface area contributed by atoms with Crippen molar-refractivity contribution in [2.24, 2.45) is 18.9 Å². The zero-order valence-corrected chi connectivity index (χ0v) is 14.2. The minimum Gasteiger partial charge on any atom is -0.326 e. The molecule has 1 fully saturated rings. The molecule has 2 aromatic rings. The number of tetrazole rings is 1. The molecule has 2 N–H and O–H groups in total. The van der Waals surface area contributed by atoms with Crippen LogP contribution in [0.5, 0.6) is 0 Å². The summed E-state index contributed by atoms with van der Waals surface area (Å²) >= 11 is 0. The summed E-state index contributed by atoms with van der Waals surface area (Å²) < 4.78 is 1.61. The largest absolute Gasteiger partial charge is 0.326 e. The minimum atomic E-state index is 0.0568. The fourth-order valence-electron chi connectivity index (χ4n) is 3.25. The Hall–Kier alpha value is -2.28. The molecule has 2 heterocycles. The molecule has 0 aliphatic carbocycles. The molecular formula is C17H24N6O. The van der Waals surface area contributed by atoms with E-state index in [1.54, 1.807) is 11.7 Å². The molecule has 1 saturated heterocycles. The number of anilines is 1. The van der Waals surface area contributed by atoms with Gasteiger partial charge in [-0.3, -0.25) is 4.79 Å². The van der Waals surface area contributed by atoms with E-state index >= 15 is 0 Å². The normalized spacial score (nSPS) is 19.0. The van der Waals surface area contributed by atoms with Crippen LogP contribution in [0.25, 0.3) is 11.4 Å². The molecule has 128 valence electrons. The van der Waals surface area contributed by atoms with Gasteiger partial charge in [-0.05, 0) is 60.3 Å². The van der Waals surface area contributed by atoms with Gasteiger partial charge in [-0.2, -0.15) is 0 Å². The van der Waals surface area contributed by atoms with Crippen LogP contribution in [0, 0.1) is 11.8 Å². The molecule has 3 rings (SSSR count). The Bertz CT molecular complexity index is 692. The lowest BCUT2D eigenvalue weighted by Crippen LogP contribution is -2.34. The maximum atomic E-state index is 12.4. The van der Waals surface area contributed by atoms with Crippen LogP contribution in [0.2, 0.25) is 0 Å². The van der Waals surface area contributed by atoms with E-state index in [2.05, 4.69) is 33.1 Å². The van der Waals surface area contributed by atoms with Gasteiger partial charge in [0.15, 0.2) is 5.82 Å². The second kappa shape index (κ2) is 7.53. The second-order valence-electron chi connectivity index (χ2n) is 6.54. The number of rotatable bonds is 5. The number of piperidine rings is 1. The fourth-order valence-corrected chi connectivity index (χ4v) is 3.25. The highest BCUT2D eigenvalue weighted by atomic mass is 16.1. The molecule has 1 aliphatic heterocycles. The molecule has 1 aromatic carbocycles. The minimum absolute atomic E-state index is 0.0568. The number of carbonyl (C=O) groups excluding carboxylic acids is 1. The van der Waals surface area contributed by atoms with Crippen molar-refractivity contribution in [2.75, 3.05) is 18.4 Å². The number of nitrogens with zero attached hydrogens (tertiary/aromatic N) is 4. The van der Waals surface area contributed by atoms with Crippen LogP contribution < -0.4 is 10.6 Å². The Balaban J connectivity index is 1.61. The highest BCUT2D eigenvalue weighted by Crippen LogP contribution is 2.24. The lowest BCUT2D eigenvalue weighted by molar-refractivity contribution is -0.117. The fraction of sp³-hybridized carbons (Fsp3) is 0.529. The predicted octanol–water partition coefficient (Wildman–Crippen LogP) is 1.84. The van der Waals surface area contributed by atoms with Crippen molar-refractivity contribution in [3.05, 3.63) is 24.3 Å². The van der Waals surface area contributed by atoms with Crippen molar-refractivity contribution in [3.63, 3.8) is 0 Å². The van der Waals surface area contributed by atoms with Gasteiger partial charge in [0.1, 0.15) is 0 Å². The Morgan fingerprint density at radius 1 is 1.50 bits per heavy atom. The smallest absolute Gasteiger partial charge is 0.224 e. The molecular weight excluding hydrogens is 304 g/mol. The summed E-state index contributed by atoms with van der Waals surface area (Å²) in [7, 11) is 1.79. The van der Waals surface area contributed by atoms with E-state index in [9.17, 15) is 4.79 Å². The van der Waals surface area contributed by atoms with E-state index in [4.69, 9.17) is 0 Å². The summed E-state index contributed by atoms with van der Waals surface area (Å²) in [5.41, 5.74) is 1.65. The Morgan fingerprint density at radius 2 is 2.38 bits per heavy atom. The number of hydrogen-bond acceptors (Lipinski definition) is 5. The topological polar surface area (TPSA) is 84.7 Å². The number of aromatic nitrogens is 4. The first kappa shape index (κ1) is 16.6. The van der Waals surface area contributed by atoms with Crippen molar-refractivity contribution in [1.29, 1.82) is 0 Å². The monoisotopic (exact) mass is 328 g/mol. The summed E-state index contributed by atoms with van der Waals surface area (Å²) in [6.45, 7) is 4.28. The molecule has 7 nitrogen and oxygen atoms in total. The van der Waals surface area contributed by atoms with Gasteiger partial charge >= 0.3 is 0 Å². The molecule has 2 unspecified atom stereocenters. The van der Waals surface area contributed by atoms with E-state index in [0.29, 0.717) is 24.1 Å². The van der Waals surface area contributed by atoms with E-state index in [1.807, 2.05) is 24.3 Å². The second-order valence-corrected chi connectivity index (χ2v) is 6.54. The number of aryl methyl sites for hydroxylation is 1. The van der Waals surface area contributed by atoms with Crippen LogP contribution >= 0.6 is 0 Å². The molecule has 7 heteroatoms. The third kappa shape index (κ3) is 3.97. The van der Waals surface area contributed by atoms with Crippen LogP contribution in [0.1, 0.15) is 26.2 Å². The molecule has 2 atom stereocenters. The quantitative estimate of drug-likeness (QED) is 0.875. The van der Waals surface area contributed by atoms with Crippen LogP contribution in [0.15, 0.2) is 24.3 Å². The number of benzene rings is 1. The SMILES string of the molecule is CC(CC(=O)Nc1cccc(-c2nnnn2C)c1)C1CCCNC1. The molecule has 24 heavy (non-hydrogen) atoms. The Morgan fingerprint density at radius 3 is 3.08 bits per heavy atom. The number of nitrogens with one attached hydrogen (secondary N) is 2. The van der Waals surface area contributed by atoms with Gasteiger partial charge in [0.2, 0.25) is 5.91 Å². The maximum Gasteiger partial charge on any atom is 0.224 e. The van der Waals surface area contributed by atoms with Gasteiger partial charge in [0.25, 0.3) is 0 Å². The van der Waals surface area contributed by atoms with Crippen molar-refractivity contribution in [1.82, 2.24) is 25.5 Å². The summed E-state index contributed by atoms with van der Waals surface area (Å²) in [6, 6.07) is 7.61. The summed E-state index contributed by atoms with van der Waals surface area (Å²) in [5.74, 6) is 1.69. The van der Waals surface area contributed by atoms with Gasteiger partial charge in [-0.1, -0.05) is 19.1 Å². The predicted molar refractivity (Wildman–Crippen MR) is 92.2 cm³/mol. The number of hydrogen-bond donors (Lipinski definition) is 2.